The molecule has 0 fully saturated rings. The van der Waals surface area contributed by atoms with E-state index in [2.05, 4.69) is 65.1 Å². The molecule has 0 radical (unpaired) electrons. The summed E-state index contributed by atoms with van der Waals surface area (Å²) in [6.07, 6.45) is 0. The number of para-hydroxylation sites is 2. The van der Waals surface area contributed by atoms with Crippen LogP contribution in [0.5, 0.6) is 0 Å². The molecule has 0 aliphatic rings. The summed E-state index contributed by atoms with van der Waals surface area (Å²) in [6.45, 7) is 5.31. The minimum absolute atomic E-state index is 0.139. The van der Waals surface area contributed by atoms with Gasteiger partial charge in [-0.15, -0.1) is 5.10 Å². The van der Waals surface area contributed by atoms with Crippen molar-refractivity contribution < 1.29 is 0 Å². The van der Waals surface area contributed by atoms with Gasteiger partial charge < -0.3 is 4.57 Å². The molecule has 0 spiro atoms. The SMILES string of the molecule is CCn1c(C(C)n2nnc3ccccc32)cc2ccccc21. The standard InChI is InChI=1S/C18H18N4/c1-3-21-16-10-6-4-8-14(16)12-18(21)13(2)22-17-11-7-5-9-15(17)19-20-22/h4-13H,3H2,1-2H3. The van der Waals surface area contributed by atoms with Gasteiger partial charge in [0.25, 0.3) is 0 Å². The van der Waals surface area contributed by atoms with E-state index in [0.29, 0.717) is 0 Å². The summed E-state index contributed by atoms with van der Waals surface area (Å²) in [6, 6.07) is 19.0. The Kier molecular flexibility index (Phi) is 2.96. The molecule has 110 valence electrons. The molecule has 0 amide bonds. The highest BCUT2D eigenvalue weighted by atomic mass is 15.4. The summed E-state index contributed by atoms with van der Waals surface area (Å²) >= 11 is 0. The number of nitrogens with zero attached hydrogens (tertiary/aromatic N) is 4. The maximum absolute atomic E-state index is 4.37. The molecule has 1 unspecified atom stereocenters. The molecule has 0 aliphatic carbocycles. The molecule has 4 aromatic rings. The van der Waals surface area contributed by atoms with Gasteiger partial charge in [-0.25, -0.2) is 4.68 Å². The molecule has 0 bridgehead atoms. The lowest BCUT2D eigenvalue weighted by Crippen LogP contribution is -2.13. The first-order chi connectivity index (χ1) is 10.8. The molecule has 0 saturated heterocycles. The molecule has 0 N–H and O–H groups in total. The second-order valence-corrected chi connectivity index (χ2v) is 5.57. The molecule has 4 heteroatoms. The first-order valence-corrected chi connectivity index (χ1v) is 7.67. The second-order valence-electron chi connectivity index (χ2n) is 5.57. The first-order valence-electron chi connectivity index (χ1n) is 7.67. The topological polar surface area (TPSA) is 35.6 Å². The number of rotatable bonds is 3. The van der Waals surface area contributed by atoms with Gasteiger partial charge in [-0.2, -0.15) is 0 Å². The average molecular weight is 290 g/mol. The molecule has 2 aromatic carbocycles. The monoisotopic (exact) mass is 290 g/mol. The minimum Gasteiger partial charge on any atom is -0.343 e. The van der Waals surface area contributed by atoms with Crippen LogP contribution in [-0.2, 0) is 6.54 Å². The van der Waals surface area contributed by atoms with Gasteiger partial charge in [-0.3, -0.25) is 0 Å². The molecule has 0 aliphatic heterocycles. The van der Waals surface area contributed by atoms with Crippen molar-refractivity contribution in [2.45, 2.75) is 26.4 Å². The fraction of sp³-hybridized carbons (Fsp3) is 0.222. The minimum atomic E-state index is 0.139. The van der Waals surface area contributed by atoms with Crippen LogP contribution in [0.3, 0.4) is 0 Å². The smallest absolute Gasteiger partial charge is 0.113 e. The summed E-state index contributed by atoms with van der Waals surface area (Å²) in [5.41, 5.74) is 4.55. The third-order valence-electron chi connectivity index (χ3n) is 4.33. The van der Waals surface area contributed by atoms with Crippen molar-refractivity contribution in [2.75, 3.05) is 0 Å². The van der Waals surface area contributed by atoms with Crippen molar-refractivity contribution in [3.8, 4) is 0 Å². The number of aryl methyl sites for hydroxylation is 1. The van der Waals surface area contributed by atoms with Crippen molar-refractivity contribution in [3.63, 3.8) is 0 Å². The van der Waals surface area contributed by atoms with Gasteiger partial charge in [0, 0.05) is 17.8 Å². The van der Waals surface area contributed by atoms with Crippen LogP contribution in [0.4, 0.5) is 0 Å². The number of benzene rings is 2. The van der Waals surface area contributed by atoms with E-state index in [4.69, 9.17) is 0 Å². The van der Waals surface area contributed by atoms with Crippen molar-refractivity contribution in [1.82, 2.24) is 19.6 Å². The zero-order chi connectivity index (χ0) is 15.1. The maximum Gasteiger partial charge on any atom is 0.113 e. The highest BCUT2D eigenvalue weighted by Crippen LogP contribution is 2.28. The van der Waals surface area contributed by atoms with Gasteiger partial charge in [0.2, 0.25) is 0 Å². The van der Waals surface area contributed by atoms with Gasteiger partial charge in [0.15, 0.2) is 0 Å². The van der Waals surface area contributed by atoms with Gasteiger partial charge in [-0.05, 0) is 43.5 Å². The van der Waals surface area contributed by atoms with Crippen molar-refractivity contribution in [2.24, 2.45) is 0 Å². The Morgan fingerprint density at radius 3 is 2.55 bits per heavy atom. The lowest BCUT2D eigenvalue weighted by atomic mass is 10.2. The molecule has 1 atom stereocenters. The Morgan fingerprint density at radius 1 is 1.00 bits per heavy atom. The summed E-state index contributed by atoms with van der Waals surface area (Å²) in [4.78, 5) is 0. The fourth-order valence-corrected chi connectivity index (χ4v) is 3.23. The quantitative estimate of drug-likeness (QED) is 0.571. The zero-order valence-corrected chi connectivity index (χ0v) is 12.8. The van der Waals surface area contributed by atoms with Crippen LogP contribution in [0.1, 0.15) is 25.6 Å². The Balaban J connectivity index is 1.91. The molecule has 0 saturated carbocycles. The van der Waals surface area contributed by atoms with Crippen molar-refractivity contribution >= 4 is 21.9 Å². The fourth-order valence-electron chi connectivity index (χ4n) is 3.23. The van der Waals surface area contributed by atoms with Crippen LogP contribution in [0.15, 0.2) is 54.6 Å². The van der Waals surface area contributed by atoms with Gasteiger partial charge in [0.05, 0.1) is 11.6 Å². The number of aromatic nitrogens is 4. The molecular weight excluding hydrogens is 272 g/mol. The summed E-state index contributed by atoms with van der Waals surface area (Å²) < 4.78 is 4.37. The highest BCUT2D eigenvalue weighted by Gasteiger charge is 2.18. The Morgan fingerprint density at radius 2 is 1.73 bits per heavy atom. The summed E-state index contributed by atoms with van der Waals surface area (Å²) in [7, 11) is 0. The van der Waals surface area contributed by atoms with E-state index < -0.39 is 0 Å². The predicted molar refractivity (Wildman–Crippen MR) is 89.0 cm³/mol. The normalized spacial score (nSPS) is 13.0. The molecule has 2 heterocycles. The van der Waals surface area contributed by atoms with Crippen LogP contribution in [-0.4, -0.2) is 19.6 Å². The number of fused-ring (bicyclic) bond motifs is 2. The summed E-state index contributed by atoms with van der Waals surface area (Å²) in [5, 5.41) is 9.92. The predicted octanol–water partition coefficient (Wildman–Crippen LogP) is 4.02. The molecule has 4 rings (SSSR count). The third kappa shape index (κ3) is 1.84. The molecule has 2 aromatic heterocycles. The van der Waals surface area contributed by atoms with Crippen LogP contribution in [0.2, 0.25) is 0 Å². The average Bonchev–Trinajstić information content (AvgIpc) is 3.15. The van der Waals surface area contributed by atoms with E-state index in [9.17, 15) is 0 Å². The molecular formula is C18H18N4. The van der Waals surface area contributed by atoms with Gasteiger partial charge in [0.1, 0.15) is 5.52 Å². The first kappa shape index (κ1) is 13.1. The van der Waals surface area contributed by atoms with Crippen LogP contribution in [0.25, 0.3) is 21.9 Å². The van der Waals surface area contributed by atoms with Crippen LogP contribution in [0, 0.1) is 0 Å². The van der Waals surface area contributed by atoms with Crippen LogP contribution >= 0.6 is 0 Å². The van der Waals surface area contributed by atoms with Crippen LogP contribution < -0.4 is 0 Å². The number of hydrogen-bond acceptors (Lipinski definition) is 2. The number of hydrogen-bond donors (Lipinski definition) is 0. The van der Waals surface area contributed by atoms with E-state index >= 15 is 0 Å². The van der Waals surface area contributed by atoms with Gasteiger partial charge in [-0.1, -0.05) is 35.5 Å². The van der Waals surface area contributed by atoms with Crippen molar-refractivity contribution in [3.05, 3.63) is 60.3 Å². The lowest BCUT2D eigenvalue weighted by molar-refractivity contribution is 0.525. The van der Waals surface area contributed by atoms with E-state index in [1.165, 1.54) is 16.6 Å². The molecule has 22 heavy (non-hydrogen) atoms. The Bertz CT molecular complexity index is 948. The molecule has 4 nitrogen and oxygen atoms in total. The highest BCUT2D eigenvalue weighted by molar-refractivity contribution is 5.81. The van der Waals surface area contributed by atoms with Crippen molar-refractivity contribution in [1.29, 1.82) is 0 Å². The van der Waals surface area contributed by atoms with E-state index in [1.807, 2.05) is 22.9 Å². The third-order valence-corrected chi connectivity index (χ3v) is 4.33. The van der Waals surface area contributed by atoms with E-state index in [1.54, 1.807) is 0 Å². The van der Waals surface area contributed by atoms with E-state index in [-0.39, 0.29) is 6.04 Å². The maximum atomic E-state index is 4.37. The summed E-state index contributed by atoms with van der Waals surface area (Å²) in [5.74, 6) is 0. The van der Waals surface area contributed by atoms with E-state index in [0.717, 1.165) is 17.6 Å². The second kappa shape index (κ2) is 4.98. The Hall–Kier alpha value is -2.62. The largest absolute Gasteiger partial charge is 0.343 e. The zero-order valence-electron chi connectivity index (χ0n) is 12.8. The lowest BCUT2D eigenvalue weighted by Gasteiger charge is -2.16. The van der Waals surface area contributed by atoms with Gasteiger partial charge >= 0.3 is 0 Å². The Labute approximate surface area is 129 Å².